The van der Waals surface area contributed by atoms with Crippen molar-refractivity contribution < 1.29 is 19.2 Å². The fourth-order valence-corrected chi connectivity index (χ4v) is 2.71. The quantitative estimate of drug-likeness (QED) is 0.937. The number of hydrogen-bond acceptors (Lipinski definition) is 4. The normalized spacial score (nSPS) is 17.6. The second-order valence-corrected chi connectivity index (χ2v) is 5.54. The molecule has 0 saturated carbocycles. The van der Waals surface area contributed by atoms with Gasteiger partial charge < -0.3 is 9.63 Å². The molecule has 0 radical (unpaired) electrons. The van der Waals surface area contributed by atoms with Crippen molar-refractivity contribution in [2.24, 2.45) is 5.92 Å². The fourth-order valence-electron chi connectivity index (χ4n) is 2.71. The van der Waals surface area contributed by atoms with Crippen LogP contribution in [-0.4, -0.2) is 22.0 Å². The summed E-state index contributed by atoms with van der Waals surface area (Å²) in [6.07, 6.45) is 1.74. The first-order valence-corrected chi connectivity index (χ1v) is 6.87. The molecule has 0 saturated heterocycles. The van der Waals surface area contributed by atoms with Gasteiger partial charge in [0.2, 0.25) is 0 Å². The van der Waals surface area contributed by atoms with E-state index in [0.29, 0.717) is 30.1 Å². The molecule has 1 aromatic heterocycles. The summed E-state index contributed by atoms with van der Waals surface area (Å²) in [6.45, 7) is 2.03. The molecule has 1 N–H and O–H groups in total. The van der Waals surface area contributed by atoms with Crippen LogP contribution in [0, 0.1) is 5.92 Å². The Morgan fingerprint density at radius 3 is 2.71 bits per heavy atom. The molecule has 3 rings (SSSR count). The maximum Gasteiger partial charge on any atom is 0.335 e. The van der Waals surface area contributed by atoms with Crippen LogP contribution >= 0.6 is 0 Å². The summed E-state index contributed by atoms with van der Waals surface area (Å²) in [7, 11) is 0. The van der Waals surface area contributed by atoms with E-state index in [1.165, 1.54) is 0 Å². The van der Waals surface area contributed by atoms with Crippen molar-refractivity contribution in [2.45, 2.75) is 26.2 Å². The zero-order chi connectivity index (χ0) is 15.0. The molecule has 21 heavy (non-hydrogen) atoms. The number of hydrogen-bond donors (Lipinski definition) is 1. The number of fused-ring (bicyclic) bond motifs is 1. The van der Waals surface area contributed by atoms with Gasteiger partial charge >= 0.3 is 5.97 Å². The highest BCUT2D eigenvalue weighted by Gasteiger charge is 2.29. The molecular weight excluding hydrogens is 270 g/mol. The number of nitrogens with zero attached hydrogens (tertiary/aromatic N) is 1. The Balaban J connectivity index is 1.86. The van der Waals surface area contributed by atoms with Gasteiger partial charge in [-0.2, -0.15) is 0 Å². The fraction of sp³-hybridized carbons (Fsp3) is 0.312. The number of Topliss-reactive ketones (excluding diaryl/α,β-unsaturated/α-hetero) is 1. The maximum absolute atomic E-state index is 12.1. The van der Waals surface area contributed by atoms with Crippen LogP contribution in [0.25, 0.3) is 0 Å². The lowest BCUT2D eigenvalue weighted by Crippen LogP contribution is -2.18. The molecule has 5 heteroatoms. The van der Waals surface area contributed by atoms with Gasteiger partial charge in [0.25, 0.3) is 0 Å². The summed E-state index contributed by atoms with van der Waals surface area (Å²) in [5, 5.41) is 12.9. The lowest BCUT2D eigenvalue weighted by molar-refractivity contribution is 0.0696. The second kappa shape index (κ2) is 5.16. The van der Waals surface area contributed by atoms with E-state index in [0.717, 1.165) is 17.7 Å². The molecule has 1 aliphatic rings. The minimum atomic E-state index is -0.956. The number of carbonyl (C=O) groups is 2. The Hall–Kier alpha value is -2.43. The number of ketones is 1. The van der Waals surface area contributed by atoms with Crippen molar-refractivity contribution in [3.63, 3.8) is 0 Å². The highest BCUT2D eigenvalue weighted by atomic mass is 16.5. The first kappa shape index (κ1) is 13.5. The summed E-state index contributed by atoms with van der Waals surface area (Å²) >= 11 is 0. The van der Waals surface area contributed by atoms with E-state index >= 15 is 0 Å². The van der Waals surface area contributed by atoms with Gasteiger partial charge in [-0.15, -0.1) is 0 Å². The average molecular weight is 285 g/mol. The molecule has 1 heterocycles. The van der Waals surface area contributed by atoms with Crippen LogP contribution in [0.3, 0.4) is 0 Å². The standard InChI is InChI=1S/C16H15NO4/c1-9-6-12-15(13(18)7-9)14(21-17-12)8-10-2-4-11(5-3-10)16(19)20/h2-5,9H,6-8H2,1H3,(H,19,20). The van der Waals surface area contributed by atoms with Gasteiger partial charge in [0.15, 0.2) is 11.5 Å². The minimum Gasteiger partial charge on any atom is -0.478 e. The number of aromatic carboxylic acids is 1. The van der Waals surface area contributed by atoms with Gasteiger partial charge in [-0.25, -0.2) is 4.79 Å². The first-order chi connectivity index (χ1) is 10.0. The number of carbonyl (C=O) groups excluding carboxylic acids is 1. The van der Waals surface area contributed by atoms with E-state index in [2.05, 4.69) is 5.16 Å². The van der Waals surface area contributed by atoms with Crippen molar-refractivity contribution in [1.29, 1.82) is 0 Å². The van der Waals surface area contributed by atoms with Crippen LogP contribution in [0.5, 0.6) is 0 Å². The molecule has 1 aliphatic carbocycles. The third-order valence-corrected chi connectivity index (χ3v) is 3.75. The lowest BCUT2D eigenvalue weighted by Gasteiger charge is -2.15. The Morgan fingerprint density at radius 1 is 1.33 bits per heavy atom. The van der Waals surface area contributed by atoms with Gasteiger partial charge in [-0.1, -0.05) is 24.2 Å². The highest BCUT2D eigenvalue weighted by Crippen LogP contribution is 2.28. The van der Waals surface area contributed by atoms with Gasteiger partial charge in [0.05, 0.1) is 16.8 Å². The van der Waals surface area contributed by atoms with Crippen molar-refractivity contribution in [3.8, 4) is 0 Å². The summed E-state index contributed by atoms with van der Waals surface area (Å²) in [5.74, 6) is 0.00712. The molecule has 0 spiro atoms. The van der Waals surface area contributed by atoms with E-state index in [9.17, 15) is 9.59 Å². The largest absolute Gasteiger partial charge is 0.478 e. The molecule has 0 bridgehead atoms. The molecule has 0 aliphatic heterocycles. The molecule has 108 valence electrons. The summed E-state index contributed by atoms with van der Waals surface area (Å²) < 4.78 is 5.33. The van der Waals surface area contributed by atoms with Gasteiger partial charge in [-0.05, 0) is 30.0 Å². The predicted octanol–water partition coefficient (Wildman–Crippen LogP) is 2.73. The summed E-state index contributed by atoms with van der Waals surface area (Å²) in [5.41, 5.74) is 2.50. The molecular formula is C16H15NO4. The molecule has 0 amide bonds. The average Bonchev–Trinajstić information content (AvgIpc) is 2.82. The third kappa shape index (κ3) is 2.59. The number of aromatic nitrogens is 1. The molecule has 2 aromatic rings. The van der Waals surface area contributed by atoms with Crippen molar-refractivity contribution in [3.05, 3.63) is 52.4 Å². The first-order valence-electron chi connectivity index (χ1n) is 6.87. The smallest absolute Gasteiger partial charge is 0.335 e. The molecule has 5 nitrogen and oxygen atoms in total. The Bertz CT molecular complexity index is 700. The van der Waals surface area contributed by atoms with Crippen molar-refractivity contribution >= 4 is 11.8 Å². The van der Waals surface area contributed by atoms with Crippen molar-refractivity contribution in [2.75, 3.05) is 0 Å². The van der Waals surface area contributed by atoms with Crippen LogP contribution < -0.4 is 0 Å². The Labute approximate surface area is 121 Å². The van der Waals surface area contributed by atoms with Gasteiger partial charge in [-0.3, -0.25) is 4.79 Å². The zero-order valence-corrected chi connectivity index (χ0v) is 11.6. The van der Waals surface area contributed by atoms with Crippen LogP contribution in [0.1, 0.15) is 51.1 Å². The summed E-state index contributed by atoms with van der Waals surface area (Å²) in [6, 6.07) is 6.55. The predicted molar refractivity (Wildman–Crippen MR) is 74.5 cm³/mol. The zero-order valence-electron chi connectivity index (χ0n) is 11.6. The molecule has 0 fully saturated rings. The number of benzene rings is 1. The highest BCUT2D eigenvalue weighted by molar-refractivity contribution is 5.99. The third-order valence-electron chi connectivity index (χ3n) is 3.75. The van der Waals surface area contributed by atoms with E-state index in [-0.39, 0.29) is 11.3 Å². The van der Waals surface area contributed by atoms with Crippen LogP contribution in [-0.2, 0) is 12.8 Å². The molecule has 1 unspecified atom stereocenters. The summed E-state index contributed by atoms with van der Waals surface area (Å²) in [4.78, 5) is 23.0. The molecule has 1 atom stereocenters. The van der Waals surface area contributed by atoms with Crippen LogP contribution in [0.2, 0.25) is 0 Å². The number of carboxylic acids is 1. The Morgan fingerprint density at radius 2 is 2.05 bits per heavy atom. The van der Waals surface area contributed by atoms with Crippen LogP contribution in [0.15, 0.2) is 28.8 Å². The second-order valence-electron chi connectivity index (χ2n) is 5.54. The SMILES string of the molecule is CC1CC(=O)c2c(noc2Cc2ccc(C(=O)O)cc2)C1. The van der Waals surface area contributed by atoms with E-state index in [4.69, 9.17) is 9.63 Å². The topological polar surface area (TPSA) is 80.4 Å². The van der Waals surface area contributed by atoms with Gasteiger partial charge in [0, 0.05) is 12.8 Å². The van der Waals surface area contributed by atoms with E-state index in [1.807, 2.05) is 6.92 Å². The lowest BCUT2D eigenvalue weighted by atomic mass is 9.86. The van der Waals surface area contributed by atoms with E-state index in [1.54, 1.807) is 24.3 Å². The van der Waals surface area contributed by atoms with Gasteiger partial charge in [0.1, 0.15) is 0 Å². The monoisotopic (exact) mass is 285 g/mol. The Kier molecular flexibility index (Phi) is 3.33. The number of carboxylic acid groups (broad SMARTS) is 1. The van der Waals surface area contributed by atoms with E-state index < -0.39 is 5.97 Å². The number of rotatable bonds is 3. The molecule has 1 aromatic carbocycles. The van der Waals surface area contributed by atoms with Crippen molar-refractivity contribution in [1.82, 2.24) is 5.16 Å². The minimum absolute atomic E-state index is 0.0853. The maximum atomic E-state index is 12.1. The van der Waals surface area contributed by atoms with Crippen LogP contribution in [0.4, 0.5) is 0 Å².